The first-order valence-corrected chi connectivity index (χ1v) is 5.42. The number of halogens is 1. The first-order valence-electron chi connectivity index (χ1n) is 4.63. The summed E-state index contributed by atoms with van der Waals surface area (Å²) in [6.07, 6.45) is 0. The van der Waals surface area contributed by atoms with Gasteiger partial charge in [0.1, 0.15) is 0 Å². The van der Waals surface area contributed by atoms with Crippen LogP contribution in [0.2, 0.25) is 0 Å². The minimum absolute atomic E-state index is 0.0227. The zero-order valence-electron chi connectivity index (χ0n) is 8.84. The first-order chi connectivity index (χ1) is 6.32. The molecule has 0 aliphatic rings. The number of rotatable bonds is 1. The number of benzene rings is 1. The van der Waals surface area contributed by atoms with Crippen LogP contribution in [0.25, 0.3) is 0 Å². The van der Waals surface area contributed by atoms with Gasteiger partial charge in [-0.05, 0) is 29.2 Å². The van der Waals surface area contributed by atoms with Gasteiger partial charge in [-0.2, -0.15) is 0 Å². The molecule has 0 spiro atoms. The zero-order valence-corrected chi connectivity index (χ0v) is 10.4. The van der Waals surface area contributed by atoms with Crippen molar-refractivity contribution in [2.45, 2.75) is 26.8 Å². The molecule has 1 atom stereocenters. The molecule has 1 rings (SSSR count). The van der Waals surface area contributed by atoms with Gasteiger partial charge in [0.25, 0.3) is 0 Å². The molecule has 0 aromatic heterocycles. The summed E-state index contributed by atoms with van der Waals surface area (Å²) in [5, 5.41) is 0. The van der Waals surface area contributed by atoms with Gasteiger partial charge >= 0.3 is 0 Å². The summed E-state index contributed by atoms with van der Waals surface area (Å²) in [6, 6.07) is 5.75. The number of anilines is 1. The van der Waals surface area contributed by atoms with Crippen LogP contribution in [0.3, 0.4) is 0 Å². The van der Waals surface area contributed by atoms with Crippen molar-refractivity contribution < 1.29 is 0 Å². The predicted octanol–water partition coefficient (Wildman–Crippen LogP) is 3.08. The summed E-state index contributed by atoms with van der Waals surface area (Å²) in [5.41, 5.74) is 13.8. The van der Waals surface area contributed by atoms with E-state index in [1.807, 2.05) is 18.2 Å². The molecular weight excluding hydrogens is 240 g/mol. The second-order valence-corrected chi connectivity index (χ2v) is 5.53. The van der Waals surface area contributed by atoms with Crippen LogP contribution in [0.4, 0.5) is 5.69 Å². The van der Waals surface area contributed by atoms with Gasteiger partial charge < -0.3 is 11.5 Å². The van der Waals surface area contributed by atoms with E-state index < -0.39 is 0 Å². The van der Waals surface area contributed by atoms with Crippen molar-refractivity contribution in [2.24, 2.45) is 11.1 Å². The van der Waals surface area contributed by atoms with E-state index in [-0.39, 0.29) is 11.5 Å². The van der Waals surface area contributed by atoms with Crippen molar-refractivity contribution in [3.63, 3.8) is 0 Å². The van der Waals surface area contributed by atoms with Crippen LogP contribution >= 0.6 is 15.9 Å². The fraction of sp³-hybridized carbons (Fsp3) is 0.455. The summed E-state index contributed by atoms with van der Waals surface area (Å²) in [7, 11) is 0. The molecule has 3 heteroatoms. The third-order valence-corrected chi connectivity index (χ3v) is 2.81. The summed E-state index contributed by atoms with van der Waals surface area (Å²) >= 11 is 3.42. The highest BCUT2D eigenvalue weighted by Gasteiger charge is 2.23. The molecule has 0 saturated heterocycles. The Hall–Kier alpha value is -0.540. The predicted molar refractivity (Wildman–Crippen MR) is 64.9 cm³/mol. The fourth-order valence-electron chi connectivity index (χ4n) is 1.28. The Morgan fingerprint density at radius 3 is 2.36 bits per heavy atom. The Balaban J connectivity index is 3.12. The normalized spacial score (nSPS) is 14.1. The largest absolute Gasteiger partial charge is 0.398 e. The van der Waals surface area contributed by atoms with E-state index in [0.717, 1.165) is 15.7 Å². The van der Waals surface area contributed by atoms with Crippen molar-refractivity contribution in [3.05, 3.63) is 28.2 Å². The van der Waals surface area contributed by atoms with Gasteiger partial charge in [-0.15, -0.1) is 0 Å². The monoisotopic (exact) mass is 256 g/mol. The Kier molecular flexibility index (Phi) is 3.22. The SMILES string of the molecule is CC(C)(C)C(N)c1cc(Br)ccc1N. The third kappa shape index (κ3) is 2.49. The van der Waals surface area contributed by atoms with Crippen LogP contribution in [-0.4, -0.2) is 0 Å². The molecule has 78 valence electrons. The minimum atomic E-state index is -0.0417. The Labute approximate surface area is 93.8 Å². The highest BCUT2D eigenvalue weighted by Crippen LogP contribution is 2.34. The summed E-state index contributed by atoms with van der Waals surface area (Å²) in [4.78, 5) is 0. The van der Waals surface area contributed by atoms with Gasteiger partial charge in [-0.1, -0.05) is 36.7 Å². The molecule has 14 heavy (non-hydrogen) atoms. The summed E-state index contributed by atoms with van der Waals surface area (Å²) < 4.78 is 1.02. The molecule has 4 N–H and O–H groups in total. The molecule has 0 amide bonds. The van der Waals surface area contributed by atoms with E-state index in [0.29, 0.717) is 0 Å². The lowest BCUT2D eigenvalue weighted by molar-refractivity contribution is 0.327. The van der Waals surface area contributed by atoms with Gasteiger partial charge in [0.05, 0.1) is 0 Å². The smallest absolute Gasteiger partial charge is 0.0365 e. The molecule has 0 bridgehead atoms. The van der Waals surface area contributed by atoms with Gasteiger partial charge in [-0.25, -0.2) is 0 Å². The maximum Gasteiger partial charge on any atom is 0.0365 e. The zero-order chi connectivity index (χ0) is 10.9. The summed E-state index contributed by atoms with van der Waals surface area (Å²) in [5.74, 6) is 0. The number of nitrogens with two attached hydrogens (primary N) is 2. The Morgan fingerprint density at radius 2 is 1.86 bits per heavy atom. The van der Waals surface area contributed by atoms with E-state index in [1.165, 1.54) is 0 Å². The number of hydrogen-bond donors (Lipinski definition) is 2. The van der Waals surface area contributed by atoms with Crippen molar-refractivity contribution >= 4 is 21.6 Å². The van der Waals surface area contributed by atoms with E-state index >= 15 is 0 Å². The topological polar surface area (TPSA) is 52.0 Å². The van der Waals surface area contributed by atoms with Crippen molar-refractivity contribution in [1.29, 1.82) is 0 Å². The van der Waals surface area contributed by atoms with E-state index in [9.17, 15) is 0 Å². The van der Waals surface area contributed by atoms with Crippen LogP contribution in [0.1, 0.15) is 32.4 Å². The van der Waals surface area contributed by atoms with Crippen LogP contribution in [0.15, 0.2) is 22.7 Å². The van der Waals surface area contributed by atoms with Crippen molar-refractivity contribution in [2.75, 3.05) is 5.73 Å². The third-order valence-electron chi connectivity index (χ3n) is 2.32. The van der Waals surface area contributed by atoms with Crippen LogP contribution in [0, 0.1) is 5.41 Å². The minimum Gasteiger partial charge on any atom is -0.398 e. The standard InChI is InChI=1S/C11H17BrN2/c1-11(2,3)10(14)8-6-7(12)4-5-9(8)13/h4-6,10H,13-14H2,1-3H3. The molecule has 1 aromatic rings. The van der Waals surface area contributed by atoms with E-state index in [4.69, 9.17) is 11.5 Å². The van der Waals surface area contributed by atoms with Crippen LogP contribution < -0.4 is 11.5 Å². The Morgan fingerprint density at radius 1 is 1.29 bits per heavy atom. The van der Waals surface area contributed by atoms with Crippen molar-refractivity contribution in [3.8, 4) is 0 Å². The van der Waals surface area contributed by atoms with Crippen molar-refractivity contribution in [1.82, 2.24) is 0 Å². The summed E-state index contributed by atoms with van der Waals surface area (Å²) in [6.45, 7) is 6.33. The fourth-order valence-corrected chi connectivity index (χ4v) is 1.66. The lowest BCUT2D eigenvalue weighted by Crippen LogP contribution is -2.27. The molecule has 0 fully saturated rings. The molecule has 1 aromatic carbocycles. The molecule has 0 aliphatic carbocycles. The molecule has 0 saturated carbocycles. The van der Waals surface area contributed by atoms with E-state index in [1.54, 1.807) is 0 Å². The molecular formula is C11H17BrN2. The van der Waals surface area contributed by atoms with Gasteiger partial charge in [0, 0.05) is 16.2 Å². The van der Waals surface area contributed by atoms with Crippen LogP contribution in [0.5, 0.6) is 0 Å². The average molecular weight is 257 g/mol. The molecule has 2 nitrogen and oxygen atoms in total. The highest BCUT2D eigenvalue weighted by molar-refractivity contribution is 9.10. The number of hydrogen-bond acceptors (Lipinski definition) is 2. The number of nitrogen functional groups attached to an aromatic ring is 1. The second kappa shape index (κ2) is 3.91. The van der Waals surface area contributed by atoms with Gasteiger partial charge in [0.15, 0.2) is 0 Å². The lowest BCUT2D eigenvalue weighted by Gasteiger charge is -2.28. The molecule has 1 unspecified atom stereocenters. The maximum absolute atomic E-state index is 6.14. The molecule has 0 radical (unpaired) electrons. The highest BCUT2D eigenvalue weighted by atomic mass is 79.9. The quantitative estimate of drug-likeness (QED) is 0.759. The second-order valence-electron chi connectivity index (χ2n) is 4.62. The molecule has 0 heterocycles. The average Bonchev–Trinajstić information content (AvgIpc) is 2.06. The Bertz CT molecular complexity index is 329. The lowest BCUT2D eigenvalue weighted by atomic mass is 9.82. The van der Waals surface area contributed by atoms with Gasteiger partial charge in [0.2, 0.25) is 0 Å². The van der Waals surface area contributed by atoms with Crippen LogP contribution in [-0.2, 0) is 0 Å². The maximum atomic E-state index is 6.14. The van der Waals surface area contributed by atoms with E-state index in [2.05, 4.69) is 36.7 Å². The molecule has 0 aliphatic heterocycles. The van der Waals surface area contributed by atoms with Gasteiger partial charge in [-0.3, -0.25) is 0 Å². The first kappa shape index (κ1) is 11.5.